The van der Waals surface area contributed by atoms with Crippen LogP contribution < -0.4 is 15.4 Å². The number of ether oxygens (including phenoxy) is 1. The number of nitrogens with one attached hydrogen (secondary N) is 2. The van der Waals surface area contributed by atoms with Gasteiger partial charge in [-0.3, -0.25) is 9.78 Å². The second-order valence-corrected chi connectivity index (χ2v) is 9.80. The lowest BCUT2D eigenvalue weighted by atomic mass is 9.80. The molecule has 2 aromatic carbocycles. The third-order valence-electron chi connectivity index (χ3n) is 6.03. The summed E-state index contributed by atoms with van der Waals surface area (Å²) in [5.74, 6) is -4.30. The number of amides is 2. The Labute approximate surface area is 243 Å². The summed E-state index contributed by atoms with van der Waals surface area (Å²) < 4.78 is 113. The average Bonchev–Trinajstić information content (AvgIpc) is 2.88. The number of nitrogens with zero attached hydrogens (tertiary/aromatic N) is 1. The summed E-state index contributed by atoms with van der Waals surface area (Å²) in [5.41, 5.74) is -1.72. The van der Waals surface area contributed by atoms with Crippen LogP contribution in [0.3, 0.4) is 0 Å². The quantitative estimate of drug-likeness (QED) is 0.205. The number of carbonyl (C=O) groups is 2. The molecular weight excluding hydrogens is 618 g/mol. The molecule has 232 valence electrons. The minimum absolute atomic E-state index is 0.0656. The molecule has 0 saturated heterocycles. The molecule has 7 nitrogen and oxygen atoms in total. The number of hydrogen-bond acceptors (Lipinski definition) is 4. The fraction of sp³-hybridized carbons (Fsp3) is 0.296. The lowest BCUT2D eigenvalue weighted by molar-refractivity contribution is -0.253. The van der Waals surface area contributed by atoms with Gasteiger partial charge >= 0.3 is 30.7 Å². The molecule has 3 rings (SSSR count). The molecule has 0 bridgehead atoms. The van der Waals surface area contributed by atoms with Crippen LogP contribution in [0.5, 0.6) is 5.75 Å². The highest BCUT2D eigenvalue weighted by Crippen LogP contribution is 2.37. The maximum atomic E-state index is 14.9. The Morgan fingerprint density at radius 3 is 2.21 bits per heavy atom. The zero-order chi connectivity index (χ0) is 32.2. The molecule has 0 spiro atoms. The summed E-state index contributed by atoms with van der Waals surface area (Å²) in [4.78, 5) is 28.3. The van der Waals surface area contributed by atoms with Gasteiger partial charge < -0.3 is 20.5 Å². The van der Waals surface area contributed by atoms with Gasteiger partial charge in [-0.25, -0.2) is 9.18 Å². The Bertz CT molecular complexity index is 1440. The molecule has 3 aromatic rings. The molecule has 0 saturated carbocycles. The monoisotopic (exact) mass is 639 g/mol. The molecule has 16 heteroatoms. The van der Waals surface area contributed by atoms with Crippen molar-refractivity contribution in [2.75, 3.05) is 0 Å². The summed E-state index contributed by atoms with van der Waals surface area (Å²) >= 11 is 5.93. The molecule has 2 atom stereocenters. The first kappa shape index (κ1) is 33.4. The van der Waals surface area contributed by atoms with Gasteiger partial charge in [-0.2, -0.15) is 30.7 Å². The zero-order valence-corrected chi connectivity index (χ0v) is 22.6. The van der Waals surface area contributed by atoms with Gasteiger partial charge in [-0.1, -0.05) is 41.4 Å². The first-order valence-electron chi connectivity index (χ1n) is 12.1. The topological polar surface area (TPSA) is 101 Å². The smallest absolute Gasteiger partial charge is 0.461 e. The second kappa shape index (κ2) is 13.0. The number of aliphatic carboxylic acids is 1. The number of urea groups is 1. The van der Waals surface area contributed by atoms with Crippen molar-refractivity contribution in [3.8, 4) is 5.75 Å². The highest BCUT2D eigenvalue weighted by Gasteiger charge is 2.46. The van der Waals surface area contributed by atoms with Crippen LogP contribution in [-0.2, 0) is 16.8 Å². The van der Waals surface area contributed by atoms with E-state index in [4.69, 9.17) is 16.7 Å². The number of rotatable bonds is 11. The van der Waals surface area contributed by atoms with Crippen molar-refractivity contribution in [3.63, 3.8) is 0 Å². The van der Waals surface area contributed by atoms with Crippen molar-refractivity contribution in [3.05, 3.63) is 94.0 Å². The van der Waals surface area contributed by atoms with Crippen molar-refractivity contribution >= 4 is 23.6 Å². The van der Waals surface area contributed by atoms with Gasteiger partial charge in [0.05, 0.1) is 17.1 Å². The van der Waals surface area contributed by atoms with E-state index in [0.29, 0.717) is 23.8 Å². The number of carbonyl (C=O) groups excluding carboxylic acids is 1. The Hall–Kier alpha value is -4.14. The van der Waals surface area contributed by atoms with Crippen molar-refractivity contribution in [2.45, 2.75) is 50.1 Å². The van der Waals surface area contributed by atoms with E-state index in [1.165, 1.54) is 17.4 Å². The van der Waals surface area contributed by atoms with Gasteiger partial charge in [0.2, 0.25) is 0 Å². The summed E-state index contributed by atoms with van der Waals surface area (Å²) in [5, 5.41) is 12.8. The molecule has 0 fully saturated rings. The van der Waals surface area contributed by atoms with Crippen LogP contribution in [0.4, 0.5) is 39.9 Å². The van der Waals surface area contributed by atoms with Crippen LogP contribution in [-0.4, -0.2) is 46.8 Å². The summed E-state index contributed by atoms with van der Waals surface area (Å²) in [7, 11) is 0. The summed E-state index contributed by atoms with van der Waals surface area (Å²) in [6.07, 6.45) is -15.5. The fourth-order valence-corrected chi connectivity index (χ4v) is 4.15. The van der Waals surface area contributed by atoms with Gasteiger partial charge in [0.25, 0.3) is 0 Å². The molecule has 0 aliphatic rings. The fourth-order valence-electron chi connectivity index (χ4n) is 4.04. The molecule has 0 radical (unpaired) electrons. The normalized spacial score (nSPS) is 14.1. The van der Waals surface area contributed by atoms with Crippen LogP contribution in [0, 0.1) is 12.7 Å². The molecule has 1 aromatic heterocycles. The molecule has 1 heterocycles. The number of aryl methyl sites for hydroxylation is 1. The van der Waals surface area contributed by atoms with E-state index in [2.05, 4.69) is 15.0 Å². The third-order valence-corrected chi connectivity index (χ3v) is 6.26. The van der Waals surface area contributed by atoms with Gasteiger partial charge in [0.15, 0.2) is 0 Å². The van der Waals surface area contributed by atoms with Crippen LogP contribution in [0.1, 0.15) is 28.8 Å². The molecule has 43 heavy (non-hydrogen) atoms. The predicted molar refractivity (Wildman–Crippen MR) is 137 cm³/mol. The Balaban J connectivity index is 2.25. The number of benzene rings is 2. The van der Waals surface area contributed by atoms with E-state index in [1.54, 1.807) is 31.2 Å². The van der Waals surface area contributed by atoms with Crippen molar-refractivity contribution in [2.24, 2.45) is 0 Å². The van der Waals surface area contributed by atoms with E-state index >= 15 is 0 Å². The maximum absolute atomic E-state index is 14.9. The second-order valence-electron chi connectivity index (χ2n) is 9.36. The first-order chi connectivity index (χ1) is 19.9. The Morgan fingerprint density at radius 1 is 1.02 bits per heavy atom. The van der Waals surface area contributed by atoms with E-state index in [9.17, 15) is 44.7 Å². The van der Waals surface area contributed by atoms with Gasteiger partial charge in [0.1, 0.15) is 23.1 Å². The Morgan fingerprint density at radius 2 is 1.67 bits per heavy atom. The summed E-state index contributed by atoms with van der Waals surface area (Å²) in [6, 6.07) is 6.07. The van der Waals surface area contributed by atoms with E-state index < -0.39 is 72.3 Å². The molecule has 1 unspecified atom stereocenters. The number of halogens is 9. The predicted octanol–water partition coefficient (Wildman–Crippen LogP) is 6.61. The first-order valence-corrected chi connectivity index (χ1v) is 12.5. The van der Waals surface area contributed by atoms with Crippen LogP contribution in [0.25, 0.3) is 0 Å². The molecular formula is C27H22ClF8N3O4. The lowest BCUT2D eigenvalue weighted by Crippen LogP contribution is -2.57. The van der Waals surface area contributed by atoms with Crippen molar-refractivity contribution in [1.29, 1.82) is 0 Å². The molecule has 0 aliphatic carbocycles. The molecule has 2 amide bonds. The highest BCUT2D eigenvalue weighted by atomic mass is 35.5. The Kier molecular flexibility index (Phi) is 10.1. The van der Waals surface area contributed by atoms with E-state index in [1.807, 2.05) is 0 Å². The largest absolute Gasteiger partial charge is 0.481 e. The maximum Gasteiger partial charge on any atom is 0.461 e. The van der Waals surface area contributed by atoms with E-state index in [-0.39, 0.29) is 10.7 Å². The van der Waals surface area contributed by atoms with Gasteiger partial charge in [0, 0.05) is 18.7 Å². The lowest BCUT2D eigenvalue weighted by Gasteiger charge is -2.36. The van der Waals surface area contributed by atoms with Gasteiger partial charge in [-0.05, 0) is 42.3 Å². The summed E-state index contributed by atoms with van der Waals surface area (Å²) in [6.45, 7) is 1.74. The van der Waals surface area contributed by atoms with Crippen LogP contribution in [0.15, 0.2) is 60.8 Å². The molecule has 0 aliphatic heterocycles. The van der Waals surface area contributed by atoms with Gasteiger partial charge in [-0.15, -0.1) is 0 Å². The zero-order valence-electron chi connectivity index (χ0n) is 21.9. The van der Waals surface area contributed by atoms with Crippen molar-refractivity contribution < 1.29 is 54.6 Å². The number of alkyl halides is 7. The molecule has 3 N–H and O–H groups in total. The number of carboxylic acid groups (broad SMARTS) is 1. The highest BCUT2D eigenvalue weighted by molar-refractivity contribution is 6.30. The standard InChI is InChI=1S/C27H22ClF8N3O4/c1-14-2-4-15(5-3-14)12-25(20-7-6-17(28)13-37-20,39-24(42)38-21(11-22(40)41)26(32,33)34)16-8-18(29)10-19(9-16)43-27(35,36)23(30)31/h2-10,13,21,23H,11-12H2,1H3,(H,40,41)(H2,38,39,42)/t21?,25-/m0/s1. The van der Waals surface area contributed by atoms with E-state index in [0.717, 1.165) is 11.8 Å². The third kappa shape index (κ3) is 8.69. The minimum Gasteiger partial charge on any atom is -0.481 e. The van der Waals surface area contributed by atoms with Crippen LogP contribution in [0.2, 0.25) is 5.02 Å². The average molecular weight is 640 g/mol. The number of hydrogen-bond donors (Lipinski definition) is 3. The minimum atomic E-state index is -5.21. The van der Waals surface area contributed by atoms with Crippen molar-refractivity contribution in [1.82, 2.24) is 15.6 Å². The van der Waals surface area contributed by atoms with Crippen LogP contribution >= 0.6 is 11.6 Å². The SMILES string of the molecule is Cc1ccc(C[C@](NC(=O)NC(CC(=O)O)C(F)(F)F)(c2cc(F)cc(OC(F)(F)C(F)F)c2)c2ccc(Cl)cn2)cc1. The number of pyridine rings is 1. The number of aromatic nitrogens is 1. The number of carboxylic acids is 1.